The van der Waals surface area contributed by atoms with Crippen molar-refractivity contribution in [1.82, 2.24) is 5.32 Å². The third kappa shape index (κ3) is 2.64. The van der Waals surface area contributed by atoms with E-state index in [1.807, 2.05) is 18.2 Å². The van der Waals surface area contributed by atoms with Gasteiger partial charge < -0.3 is 11.1 Å². The first kappa shape index (κ1) is 9.23. The predicted octanol–water partition coefficient (Wildman–Crippen LogP) is 1.30. The molecule has 0 amide bonds. The van der Waals surface area contributed by atoms with Crippen LogP contribution < -0.4 is 11.1 Å². The maximum absolute atomic E-state index is 5.92. The molecule has 0 bridgehead atoms. The molecule has 0 aliphatic rings. The second kappa shape index (κ2) is 4.91. The molecule has 2 nitrogen and oxygen atoms in total. The van der Waals surface area contributed by atoms with Crippen LogP contribution in [0, 0.1) is 0 Å². The Morgan fingerprint density at radius 3 is 2.58 bits per heavy atom. The van der Waals surface area contributed by atoms with Crippen molar-refractivity contribution in [3.8, 4) is 0 Å². The Bertz CT molecular complexity index is 208. The van der Waals surface area contributed by atoms with Crippen LogP contribution in [0.25, 0.3) is 0 Å². The van der Waals surface area contributed by atoms with E-state index in [0.717, 1.165) is 13.1 Å². The Hall–Kier alpha value is -0.860. The van der Waals surface area contributed by atoms with Crippen LogP contribution in [0.2, 0.25) is 0 Å². The zero-order chi connectivity index (χ0) is 8.81. The van der Waals surface area contributed by atoms with Gasteiger partial charge in [-0.1, -0.05) is 37.3 Å². The number of nitrogens with one attached hydrogen (secondary N) is 1. The van der Waals surface area contributed by atoms with Crippen molar-refractivity contribution in [2.45, 2.75) is 13.0 Å². The Morgan fingerprint density at radius 2 is 2.00 bits per heavy atom. The van der Waals surface area contributed by atoms with Crippen LogP contribution in [0.4, 0.5) is 0 Å². The number of hydrogen-bond acceptors (Lipinski definition) is 2. The molecule has 0 aromatic heterocycles. The van der Waals surface area contributed by atoms with E-state index in [1.165, 1.54) is 5.56 Å². The van der Waals surface area contributed by atoms with Gasteiger partial charge in [0.25, 0.3) is 0 Å². The summed E-state index contributed by atoms with van der Waals surface area (Å²) < 4.78 is 0. The minimum absolute atomic E-state index is 0.117. The minimum Gasteiger partial charge on any atom is -0.323 e. The molecule has 1 atom stereocenters. The molecule has 66 valence electrons. The molecule has 0 saturated carbocycles. The summed E-state index contributed by atoms with van der Waals surface area (Å²) in [6, 6.07) is 10.3. The van der Waals surface area contributed by atoms with Gasteiger partial charge >= 0.3 is 0 Å². The molecule has 12 heavy (non-hydrogen) atoms. The van der Waals surface area contributed by atoms with Gasteiger partial charge in [-0.25, -0.2) is 0 Å². The monoisotopic (exact) mass is 164 g/mol. The van der Waals surface area contributed by atoms with Crippen LogP contribution in [0.15, 0.2) is 30.3 Å². The summed E-state index contributed by atoms with van der Waals surface area (Å²) in [6.45, 7) is 3.90. The summed E-state index contributed by atoms with van der Waals surface area (Å²) in [5.41, 5.74) is 7.11. The Balaban J connectivity index is 2.48. The normalized spacial score (nSPS) is 12.8. The van der Waals surface area contributed by atoms with Crippen LogP contribution in [0.3, 0.4) is 0 Å². The SMILES string of the molecule is CCNC[C@@H](N)c1ccccc1. The summed E-state index contributed by atoms with van der Waals surface area (Å²) in [6.07, 6.45) is 0. The van der Waals surface area contributed by atoms with Gasteiger partial charge in [0.1, 0.15) is 0 Å². The standard InChI is InChI=1S/C10H16N2/c1-2-12-8-10(11)9-6-4-3-5-7-9/h3-7,10,12H,2,8,11H2,1H3/t10-/m1/s1. The molecule has 0 aliphatic carbocycles. The second-order valence-electron chi connectivity index (χ2n) is 2.82. The first-order valence-corrected chi connectivity index (χ1v) is 4.36. The number of rotatable bonds is 4. The lowest BCUT2D eigenvalue weighted by Crippen LogP contribution is -2.26. The average Bonchev–Trinajstić information content (AvgIpc) is 2.15. The Kier molecular flexibility index (Phi) is 3.77. The van der Waals surface area contributed by atoms with Crippen molar-refractivity contribution >= 4 is 0 Å². The zero-order valence-electron chi connectivity index (χ0n) is 7.46. The highest BCUT2D eigenvalue weighted by Crippen LogP contribution is 2.07. The second-order valence-corrected chi connectivity index (χ2v) is 2.82. The van der Waals surface area contributed by atoms with Crippen LogP contribution >= 0.6 is 0 Å². The lowest BCUT2D eigenvalue weighted by molar-refractivity contribution is 0.616. The number of hydrogen-bond donors (Lipinski definition) is 2. The smallest absolute Gasteiger partial charge is 0.0421 e. The first-order valence-electron chi connectivity index (χ1n) is 4.36. The average molecular weight is 164 g/mol. The molecular weight excluding hydrogens is 148 g/mol. The lowest BCUT2D eigenvalue weighted by Gasteiger charge is -2.11. The fourth-order valence-corrected chi connectivity index (χ4v) is 1.12. The molecule has 0 saturated heterocycles. The Labute approximate surface area is 73.8 Å². The summed E-state index contributed by atoms with van der Waals surface area (Å²) in [7, 11) is 0. The van der Waals surface area contributed by atoms with E-state index in [2.05, 4.69) is 24.4 Å². The van der Waals surface area contributed by atoms with E-state index in [4.69, 9.17) is 5.73 Å². The third-order valence-corrected chi connectivity index (χ3v) is 1.84. The first-order chi connectivity index (χ1) is 5.84. The molecule has 0 radical (unpaired) electrons. The highest BCUT2D eigenvalue weighted by molar-refractivity contribution is 5.18. The van der Waals surface area contributed by atoms with E-state index in [-0.39, 0.29) is 6.04 Å². The van der Waals surface area contributed by atoms with Crippen molar-refractivity contribution in [3.63, 3.8) is 0 Å². The molecule has 1 rings (SSSR count). The summed E-state index contributed by atoms with van der Waals surface area (Å²) >= 11 is 0. The van der Waals surface area contributed by atoms with Crippen LogP contribution in [0.5, 0.6) is 0 Å². The highest BCUT2D eigenvalue weighted by atomic mass is 14.9. The molecule has 3 N–H and O–H groups in total. The van der Waals surface area contributed by atoms with Crippen LogP contribution in [-0.2, 0) is 0 Å². The van der Waals surface area contributed by atoms with E-state index in [9.17, 15) is 0 Å². The maximum Gasteiger partial charge on any atom is 0.0421 e. The fraction of sp³-hybridized carbons (Fsp3) is 0.400. The van der Waals surface area contributed by atoms with Crippen molar-refractivity contribution in [3.05, 3.63) is 35.9 Å². The summed E-state index contributed by atoms with van der Waals surface area (Å²) in [5, 5.41) is 3.22. The summed E-state index contributed by atoms with van der Waals surface area (Å²) in [4.78, 5) is 0. The van der Waals surface area contributed by atoms with Crippen LogP contribution in [-0.4, -0.2) is 13.1 Å². The minimum atomic E-state index is 0.117. The largest absolute Gasteiger partial charge is 0.323 e. The molecule has 1 aromatic rings. The van der Waals surface area contributed by atoms with Gasteiger partial charge in [-0.15, -0.1) is 0 Å². The van der Waals surface area contributed by atoms with Crippen molar-refractivity contribution in [2.75, 3.05) is 13.1 Å². The summed E-state index contributed by atoms with van der Waals surface area (Å²) in [5.74, 6) is 0. The molecule has 0 spiro atoms. The predicted molar refractivity (Wildman–Crippen MR) is 51.9 cm³/mol. The number of benzene rings is 1. The van der Waals surface area contributed by atoms with E-state index in [1.54, 1.807) is 0 Å². The molecule has 1 aromatic carbocycles. The van der Waals surface area contributed by atoms with E-state index < -0.39 is 0 Å². The topological polar surface area (TPSA) is 38.0 Å². The van der Waals surface area contributed by atoms with Crippen molar-refractivity contribution < 1.29 is 0 Å². The van der Waals surface area contributed by atoms with Gasteiger partial charge in [-0.2, -0.15) is 0 Å². The van der Waals surface area contributed by atoms with E-state index >= 15 is 0 Å². The quantitative estimate of drug-likeness (QED) is 0.704. The maximum atomic E-state index is 5.92. The number of likely N-dealkylation sites (N-methyl/N-ethyl adjacent to an activating group) is 1. The fourth-order valence-electron chi connectivity index (χ4n) is 1.12. The zero-order valence-corrected chi connectivity index (χ0v) is 7.46. The Morgan fingerprint density at radius 1 is 1.33 bits per heavy atom. The van der Waals surface area contributed by atoms with Crippen molar-refractivity contribution in [1.29, 1.82) is 0 Å². The van der Waals surface area contributed by atoms with Crippen LogP contribution in [0.1, 0.15) is 18.5 Å². The van der Waals surface area contributed by atoms with Gasteiger partial charge in [0.2, 0.25) is 0 Å². The van der Waals surface area contributed by atoms with Gasteiger partial charge in [0, 0.05) is 12.6 Å². The van der Waals surface area contributed by atoms with Gasteiger partial charge in [-0.3, -0.25) is 0 Å². The molecule has 2 heteroatoms. The lowest BCUT2D eigenvalue weighted by atomic mass is 10.1. The van der Waals surface area contributed by atoms with Gasteiger partial charge in [0.15, 0.2) is 0 Å². The molecule has 0 unspecified atom stereocenters. The van der Waals surface area contributed by atoms with E-state index in [0.29, 0.717) is 0 Å². The number of nitrogens with two attached hydrogens (primary N) is 1. The molecular formula is C10H16N2. The third-order valence-electron chi connectivity index (χ3n) is 1.84. The van der Waals surface area contributed by atoms with Crippen molar-refractivity contribution in [2.24, 2.45) is 5.73 Å². The molecule has 0 aliphatic heterocycles. The van der Waals surface area contributed by atoms with Gasteiger partial charge in [-0.05, 0) is 12.1 Å². The molecule has 0 fully saturated rings. The van der Waals surface area contributed by atoms with Gasteiger partial charge in [0.05, 0.1) is 0 Å². The highest BCUT2D eigenvalue weighted by Gasteiger charge is 2.02. The molecule has 0 heterocycles.